The van der Waals surface area contributed by atoms with Gasteiger partial charge in [-0.25, -0.2) is 4.79 Å². The molecule has 2 saturated carbocycles. The van der Waals surface area contributed by atoms with Gasteiger partial charge in [-0.05, 0) is 30.2 Å². The van der Waals surface area contributed by atoms with Gasteiger partial charge in [0.25, 0.3) is 0 Å². The summed E-state index contributed by atoms with van der Waals surface area (Å²) < 4.78 is 0. The minimum absolute atomic E-state index is 0.0366. The molecule has 0 spiro atoms. The number of carbonyl (C=O) groups excluding carboxylic acids is 3. The number of carbonyl (C=O) groups is 3. The molecule has 1 saturated heterocycles. The summed E-state index contributed by atoms with van der Waals surface area (Å²) >= 11 is 0. The van der Waals surface area contributed by atoms with E-state index in [1.807, 2.05) is 18.2 Å². The van der Waals surface area contributed by atoms with Crippen LogP contribution >= 0.6 is 0 Å². The maximum atomic E-state index is 12.4. The van der Waals surface area contributed by atoms with E-state index in [4.69, 9.17) is 0 Å². The fourth-order valence-electron chi connectivity index (χ4n) is 4.64. The zero-order valence-electron chi connectivity index (χ0n) is 13.4. The van der Waals surface area contributed by atoms with Crippen LogP contribution in [-0.4, -0.2) is 41.9 Å². The first kappa shape index (κ1) is 15.2. The Labute approximate surface area is 140 Å². The second-order valence-corrected chi connectivity index (χ2v) is 7.00. The predicted octanol–water partition coefficient (Wildman–Crippen LogP) is 1.24. The van der Waals surface area contributed by atoms with Gasteiger partial charge in [-0.1, -0.05) is 36.8 Å². The van der Waals surface area contributed by atoms with Crippen LogP contribution in [-0.2, 0) is 9.59 Å². The molecule has 0 radical (unpaired) electrons. The van der Waals surface area contributed by atoms with Crippen molar-refractivity contribution in [2.75, 3.05) is 13.1 Å². The van der Waals surface area contributed by atoms with Crippen molar-refractivity contribution in [2.45, 2.75) is 31.2 Å². The highest BCUT2D eigenvalue weighted by molar-refractivity contribution is 6.03. The van der Waals surface area contributed by atoms with Crippen molar-refractivity contribution in [3.8, 4) is 0 Å². The summed E-state index contributed by atoms with van der Waals surface area (Å²) in [5, 5.41) is 5.32. The second kappa shape index (κ2) is 5.92. The monoisotopic (exact) mass is 327 g/mol. The summed E-state index contributed by atoms with van der Waals surface area (Å²) in [6.45, 7) is -0.0991. The maximum Gasteiger partial charge on any atom is 0.325 e. The minimum atomic E-state index is -0.484. The number of benzene rings is 1. The number of nitrogens with one attached hydrogen (secondary N) is 2. The van der Waals surface area contributed by atoms with E-state index in [9.17, 15) is 14.4 Å². The quantitative estimate of drug-likeness (QED) is 0.817. The Morgan fingerprint density at radius 2 is 1.92 bits per heavy atom. The van der Waals surface area contributed by atoms with Crippen LogP contribution < -0.4 is 10.6 Å². The van der Waals surface area contributed by atoms with Crippen molar-refractivity contribution < 1.29 is 14.4 Å². The van der Waals surface area contributed by atoms with Gasteiger partial charge in [-0.15, -0.1) is 0 Å². The van der Waals surface area contributed by atoms with Gasteiger partial charge in [-0.2, -0.15) is 0 Å². The predicted molar refractivity (Wildman–Crippen MR) is 87.1 cm³/mol. The molecule has 2 aliphatic carbocycles. The summed E-state index contributed by atoms with van der Waals surface area (Å²) in [5.41, 5.74) is 1.28. The van der Waals surface area contributed by atoms with Crippen LogP contribution in [0.2, 0.25) is 0 Å². The zero-order chi connectivity index (χ0) is 16.7. The molecule has 3 aliphatic rings. The van der Waals surface area contributed by atoms with E-state index in [-0.39, 0.29) is 30.9 Å². The fourth-order valence-corrected chi connectivity index (χ4v) is 4.64. The average Bonchev–Trinajstić information content (AvgIpc) is 3.10. The molecule has 3 fully saturated rings. The lowest BCUT2D eigenvalue weighted by Crippen LogP contribution is -2.58. The molecule has 1 heterocycles. The van der Waals surface area contributed by atoms with E-state index in [1.54, 1.807) is 0 Å². The van der Waals surface area contributed by atoms with Gasteiger partial charge < -0.3 is 10.2 Å². The minimum Gasteiger partial charge on any atom is -0.351 e. The normalized spacial score (nSPS) is 31.4. The number of hydrogen-bond acceptors (Lipinski definition) is 3. The van der Waals surface area contributed by atoms with Gasteiger partial charge >= 0.3 is 6.03 Å². The molecule has 0 aromatic heterocycles. The van der Waals surface area contributed by atoms with Crippen molar-refractivity contribution in [1.29, 1.82) is 0 Å². The number of imide groups is 1. The van der Waals surface area contributed by atoms with Crippen LogP contribution in [0.4, 0.5) is 4.79 Å². The van der Waals surface area contributed by atoms with Crippen LogP contribution in [0, 0.1) is 11.8 Å². The first-order valence-electron chi connectivity index (χ1n) is 8.56. The smallest absolute Gasteiger partial charge is 0.325 e. The molecule has 6 nitrogen and oxygen atoms in total. The van der Waals surface area contributed by atoms with E-state index in [0.29, 0.717) is 17.8 Å². The third kappa shape index (κ3) is 2.56. The highest BCUT2D eigenvalue weighted by atomic mass is 16.2. The lowest BCUT2D eigenvalue weighted by Gasteiger charge is -2.49. The third-order valence-electron chi connectivity index (χ3n) is 5.65. The lowest BCUT2D eigenvalue weighted by molar-refractivity contribution is -0.124. The van der Waals surface area contributed by atoms with Crippen molar-refractivity contribution in [2.24, 2.45) is 11.8 Å². The number of fused-ring (bicyclic) bond motifs is 1. The molecule has 2 N–H and O–H groups in total. The first-order chi connectivity index (χ1) is 11.6. The molecule has 6 heteroatoms. The van der Waals surface area contributed by atoms with E-state index >= 15 is 0 Å². The molecule has 4 rings (SSSR count). The SMILES string of the molecule is O=C1CN(CC(=O)N[C@@H]2[C@@H]3CCC[C@H]3[C@@H]2c2ccccc2)C(=O)N1. The van der Waals surface area contributed by atoms with Crippen LogP contribution in [0.15, 0.2) is 30.3 Å². The summed E-state index contributed by atoms with van der Waals surface area (Å²) in [5.74, 6) is 1.00. The average molecular weight is 327 g/mol. The largest absolute Gasteiger partial charge is 0.351 e. The molecular weight excluding hydrogens is 306 g/mol. The Morgan fingerprint density at radius 3 is 2.62 bits per heavy atom. The summed E-state index contributed by atoms with van der Waals surface area (Å²) in [4.78, 5) is 36.4. The summed E-state index contributed by atoms with van der Waals surface area (Å²) in [6, 6.07) is 9.99. The van der Waals surface area contributed by atoms with Gasteiger partial charge in [0.2, 0.25) is 11.8 Å². The molecule has 0 bridgehead atoms. The van der Waals surface area contributed by atoms with Crippen molar-refractivity contribution in [3.63, 3.8) is 0 Å². The van der Waals surface area contributed by atoms with Crippen LogP contribution in [0.25, 0.3) is 0 Å². The number of urea groups is 1. The molecule has 1 aromatic rings. The Hall–Kier alpha value is -2.37. The molecule has 4 atom stereocenters. The van der Waals surface area contributed by atoms with E-state index in [1.165, 1.54) is 23.3 Å². The molecule has 4 amide bonds. The van der Waals surface area contributed by atoms with Crippen LogP contribution in [0.5, 0.6) is 0 Å². The van der Waals surface area contributed by atoms with Crippen molar-refractivity contribution >= 4 is 17.8 Å². The summed E-state index contributed by atoms with van der Waals surface area (Å²) in [7, 11) is 0. The standard InChI is InChI=1S/C18H21N3O3/c22-14(9-21-10-15(23)20-18(21)24)19-17-13-8-4-7-12(13)16(17)11-5-2-1-3-6-11/h1-3,5-6,12-13,16-17H,4,7-10H2,(H,19,22)(H,20,23,24)/t12-,13-,16+,17-/m1/s1. The van der Waals surface area contributed by atoms with Crippen LogP contribution in [0.3, 0.4) is 0 Å². The Morgan fingerprint density at radius 1 is 1.17 bits per heavy atom. The fraction of sp³-hybridized carbons (Fsp3) is 0.500. The molecule has 126 valence electrons. The number of rotatable bonds is 4. The Bertz CT molecular complexity index is 675. The van der Waals surface area contributed by atoms with E-state index < -0.39 is 6.03 Å². The van der Waals surface area contributed by atoms with Gasteiger partial charge in [-0.3, -0.25) is 14.9 Å². The molecule has 0 unspecified atom stereocenters. The van der Waals surface area contributed by atoms with Gasteiger partial charge in [0.05, 0.1) is 0 Å². The Kier molecular flexibility index (Phi) is 3.75. The van der Waals surface area contributed by atoms with Crippen molar-refractivity contribution in [3.05, 3.63) is 35.9 Å². The van der Waals surface area contributed by atoms with Crippen molar-refractivity contribution in [1.82, 2.24) is 15.5 Å². The van der Waals surface area contributed by atoms with E-state index in [2.05, 4.69) is 22.8 Å². The highest BCUT2D eigenvalue weighted by Gasteiger charge is 2.53. The molecule has 24 heavy (non-hydrogen) atoms. The maximum absolute atomic E-state index is 12.4. The number of hydrogen-bond donors (Lipinski definition) is 2. The van der Waals surface area contributed by atoms with E-state index in [0.717, 1.165) is 6.42 Å². The van der Waals surface area contributed by atoms with Gasteiger partial charge in [0, 0.05) is 12.0 Å². The third-order valence-corrected chi connectivity index (χ3v) is 5.65. The zero-order valence-corrected chi connectivity index (χ0v) is 13.4. The number of nitrogens with zero attached hydrogens (tertiary/aromatic N) is 1. The Balaban J connectivity index is 1.43. The second-order valence-electron chi connectivity index (χ2n) is 7.00. The van der Waals surface area contributed by atoms with Crippen LogP contribution in [0.1, 0.15) is 30.7 Å². The highest BCUT2D eigenvalue weighted by Crippen LogP contribution is 2.55. The van der Waals surface area contributed by atoms with Gasteiger partial charge in [0.1, 0.15) is 13.1 Å². The number of amides is 4. The lowest BCUT2D eigenvalue weighted by atomic mass is 9.60. The molecule has 1 aliphatic heterocycles. The summed E-state index contributed by atoms with van der Waals surface area (Å²) in [6.07, 6.45) is 3.59. The molecular formula is C18H21N3O3. The van der Waals surface area contributed by atoms with Gasteiger partial charge in [0.15, 0.2) is 0 Å². The molecule has 1 aromatic carbocycles. The topological polar surface area (TPSA) is 78.5 Å². The first-order valence-corrected chi connectivity index (χ1v) is 8.56.